The molecule has 0 unspecified atom stereocenters. The van der Waals surface area contributed by atoms with Crippen LogP contribution < -0.4 is 5.32 Å². The first-order valence-corrected chi connectivity index (χ1v) is 8.28. The van der Waals surface area contributed by atoms with Gasteiger partial charge in [-0.1, -0.05) is 36.0 Å². The van der Waals surface area contributed by atoms with Gasteiger partial charge >= 0.3 is 0 Å². The second kappa shape index (κ2) is 6.24. The van der Waals surface area contributed by atoms with E-state index in [0.717, 1.165) is 20.8 Å². The van der Waals surface area contributed by atoms with Crippen LogP contribution in [-0.2, 0) is 4.79 Å². The number of fused-ring (bicyclic) bond motifs is 1. The molecule has 0 aliphatic heterocycles. The van der Waals surface area contributed by atoms with Crippen molar-refractivity contribution in [2.45, 2.75) is 5.03 Å². The summed E-state index contributed by atoms with van der Waals surface area (Å²) in [5, 5.41) is 6.45. The van der Waals surface area contributed by atoms with Crippen LogP contribution in [0.2, 0.25) is 0 Å². The van der Waals surface area contributed by atoms with Crippen LogP contribution in [0.3, 0.4) is 0 Å². The third kappa shape index (κ3) is 3.06. The summed E-state index contributed by atoms with van der Waals surface area (Å²) in [6.45, 7) is 0. The molecule has 0 aliphatic rings. The molecule has 0 atom stereocenters. The molecule has 0 saturated carbocycles. The highest BCUT2D eigenvalue weighted by Gasteiger charge is 2.11. The van der Waals surface area contributed by atoms with E-state index in [2.05, 4.69) is 15.3 Å². The van der Waals surface area contributed by atoms with Crippen molar-refractivity contribution < 1.29 is 4.79 Å². The van der Waals surface area contributed by atoms with Gasteiger partial charge in [0.05, 0.1) is 16.1 Å². The van der Waals surface area contributed by atoms with E-state index in [9.17, 15) is 4.79 Å². The van der Waals surface area contributed by atoms with Crippen molar-refractivity contribution in [1.29, 1.82) is 0 Å². The van der Waals surface area contributed by atoms with Gasteiger partial charge in [-0.05, 0) is 17.5 Å². The molecule has 1 aromatic carbocycles. The van der Waals surface area contributed by atoms with E-state index in [-0.39, 0.29) is 5.91 Å². The van der Waals surface area contributed by atoms with Crippen molar-refractivity contribution >= 4 is 39.9 Å². The number of thiophene rings is 1. The van der Waals surface area contributed by atoms with Gasteiger partial charge in [-0.25, -0.2) is 9.97 Å². The lowest BCUT2D eigenvalue weighted by Crippen LogP contribution is -2.19. The fourth-order valence-electron chi connectivity index (χ4n) is 1.88. The minimum absolute atomic E-state index is 0.0135. The fraction of sp³-hybridized carbons (Fsp3) is 0.133. The summed E-state index contributed by atoms with van der Waals surface area (Å²) in [5.74, 6) is 1.05. The summed E-state index contributed by atoms with van der Waals surface area (Å²) in [5.41, 5.74) is 0.898. The minimum Gasteiger partial charge on any atom is -0.358 e. The van der Waals surface area contributed by atoms with Gasteiger partial charge in [-0.2, -0.15) is 0 Å². The number of para-hydroxylation sites is 1. The number of nitrogens with one attached hydrogen (secondary N) is 1. The van der Waals surface area contributed by atoms with Gasteiger partial charge in [-0.15, -0.1) is 11.3 Å². The monoisotopic (exact) mass is 315 g/mol. The van der Waals surface area contributed by atoms with Gasteiger partial charge in [-0.3, -0.25) is 4.79 Å². The average Bonchev–Trinajstić information content (AvgIpc) is 3.06. The largest absolute Gasteiger partial charge is 0.358 e. The molecule has 3 aromatic rings. The number of hydrogen-bond donors (Lipinski definition) is 1. The van der Waals surface area contributed by atoms with Gasteiger partial charge in [0.15, 0.2) is 5.82 Å². The second-order valence-corrected chi connectivity index (χ2v) is 6.22. The van der Waals surface area contributed by atoms with E-state index in [0.29, 0.717) is 11.6 Å². The Morgan fingerprint density at radius 1 is 1.24 bits per heavy atom. The van der Waals surface area contributed by atoms with E-state index in [1.165, 1.54) is 11.8 Å². The Labute approximate surface area is 130 Å². The van der Waals surface area contributed by atoms with E-state index >= 15 is 0 Å². The van der Waals surface area contributed by atoms with Crippen LogP contribution in [0, 0.1) is 0 Å². The third-order valence-electron chi connectivity index (χ3n) is 2.93. The van der Waals surface area contributed by atoms with Crippen molar-refractivity contribution in [3.05, 3.63) is 41.8 Å². The van der Waals surface area contributed by atoms with Gasteiger partial charge in [0.2, 0.25) is 5.91 Å². The topological polar surface area (TPSA) is 54.9 Å². The SMILES string of the molecule is CNC(=O)CSc1nc(-c2cccs2)nc2ccccc12. The van der Waals surface area contributed by atoms with Gasteiger partial charge in [0, 0.05) is 12.4 Å². The molecule has 0 fully saturated rings. The molecule has 2 heterocycles. The quantitative estimate of drug-likeness (QED) is 0.593. The van der Waals surface area contributed by atoms with Gasteiger partial charge < -0.3 is 5.32 Å². The number of benzene rings is 1. The second-order valence-electron chi connectivity index (χ2n) is 4.31. The number of hydrogen-bond acceptors (Lipinski definition) is 5. The summed E-state index contributed by atoms with van der Waals surface area (Å²) in [4.78, 5) is 21.7. The highest BCUT2D eigenvalue weighted by Crippen LogP contribution is 2.29. The summed E-state index contributed by atoms with van der Waals surface area (Å²) in [6.07, 6.45) is 0. The summed E-state index contributed by atoms with van der Waals surface area (Å²) in [7, 11) is 1.64. The summed E-state index contributed by atoms with van der Waals surface area (Å²) in [6, 6.07) is 11.9. The normalized spacial score (nSPS) is 10.7. The molecule has 0 aliphatic carbocycles. The van der Waals surface area contributed by atoms with E-state index in [1.54, 1.807) is 18.4 Å². The lowest BCUT2D eigenvalue weighted by molar-refractivity contribution is -0.118. The maximum Gasteiger partial charge on any atom is 0.230 e. The number of amides is 1. The third-order valence-corrected chi connectivity index (χ3v) is 4.79. The maximum atomic E-state index is 11.5. The zero-order chi connectivity index (χ0) is 14.7. The summed E-state index contributed by atoms with van der Waals surface area (Å²) < 4.78 is 0. The lowest BCUT2D eigenvalue weighted by atomic mass is 10.2. The predicted octanol–water partition coefficient (Wildman–Crippen LogP) is 3.20. The van der Waals surface area contributed by atoms with Gasteiger partial charge in [0.25, 0.3) is 0 Å². The molecule has 3 rings (SSSR count). The highest BCUT2D eigenvalue weighted by atomic mass is 32.2. The minimum atomic E-state index is -0.0135. The Morgan fingerprint density at radius 3 is 2.86 bits per heavy atom. The maximum absolute atomic E-state index is 11.5. The molecule has 6 heteroatoms. The Morgan fingerprint density at radius 2 is 2.10 bits per heavy atom. The molecule has 0 radical (unpaired) electrons. The molecule has 2 aromatic heterocycles. The average molecular weight is 315 g/mol. The lowest BCUT2D eigenvalue weighted by Gasteiger charge is -2.07. The fourth-order valence-corrected chi connectivity index (χ4v) is 3.43. The molecular weight excluding hydrogens is 302 g/mol. The molecule has 0 spiro atoms. The van der Waals surface area contributed by atoms with Crippen LogP contribution in [0.4, 0.5) is 0 Å². The predicted molar refractivity (Wildman–Crippen MR) is 87.6 cm³/mol. The molecule has 1 amide bonds. The van der Waals surface area contributed by atoms with Crippen molar-refractivity contribution in [3.63, 3.8) is 0 Å². The molecule has 4 nitrogen and oxygen atoms in total. The van der Waals surface area contributed by atoms with Crippen LogP contribution in [0.1, 0.15) is 0 Å². The van der Waals surface area contributed by atoms with Crippen LogP contribution in [0.5, 0.6) is 0 Å². The van der Waals surface area contributed by atoms with Crippen LogP contribution in [-0.4, -0.2) is 28.7 Å². The number of nitrogens with zero attached hydrogens (tertiary/aromatic N) is 2. The first-order valence-electron chi connectivity index (χ1n) is 6.42. The smallest absolute Gasteiger partial charge is 0.230 e. The van der Waals surface area contributed by atoms with E-state index in [4.69, 9.17) is 0 Å². The molecule has 1 N–H and O–H groups in total. The first-order chi connectivity index (χ1) is 10.3. The van der Waals surface area contributed by atoms with Gasteiger partial charge in [0.1, 0.15) is 5.03 Å². The Bertz CT molecular complexity index is 772. The Hall–Kier alpha value is -1.92. The van der Waals surface area contributed by atoms with E-state index < -0.39 is 0 Å². The summed E-state index contributed by atoms with van der Waals surface area (Å²) >= 11 is 3.04. The van der Waals surface area contributed by atoms with Crippen LogP contribution >= 0.6 is 23.1 Å². The molecule has 106 valence electrons. The number of thioether (sulfide) groups is 1. The van der Waals surface area contributed by atoms with Crippen LogP contribution in [0.15, 0.2) is 46.8 Å². The number of rotatable bonds is 4. The molecule has 0 bridgehead atoms. The zero-order valence-electron chi connectivity index (χ0n) is 11.4. The molecule has 0 saturated heterocycles. The van der Waals surface area contributed by atoms with Crippen LogP contribution in [0.25, 0.3) is 21.6 Å². The van der Waals surface area contributed by atoms with Crippen molar-refractivity contribution in [3.8, 4) is 10.7 Å². The Balaban J connectivity index is 2.05. The number of aromatic nitrogens is 2. The van der Waals surface area contributed by atoms with Crippen molar-refractivity contribution in [1.82, 2.24) is 15.3 Å². The molecule has 21 heavy (non-hydrogen) atoms. The number of carbonyl (C=O) groups is 1. The highest BCUT2D eigenvalue weighted by molar-refractivity contribution is 8.00. The standard InChI is InChI=1S/C15H13N3OS2/c1-16-13(19)9-21-15-10-5-2-3-6-11(10)17-14(18-15)12-7-4-8-20-12/h2-8H,9H2,1H3,(H,16,19). The van der Waals surface area contributed by atoms with Crippen molar-refractivity contribution in [2.24, 2.45) is 0 Å². The van der Waals surface area contributed by atoms with Crippen molar-refractivity contribution in [2.75, 3.05) is 12.8 Å². The first kappa shape index (κ1) is 14.0. The zero-order valence-corrected chi connectivity index (χ0v) is 13.0. The Kier molecular flexibility index (Phi) is 4.17. The molecular formula is C15H13N3OS2. The van der Waals surface area contributed by atoms with E-state index in [1.807, 2.05) is 41.8 Å². The number of carbonyl (C=O) groups excluding carboxylic acids is 1.